The van der Waals surface area contributed by atoms with Gasteiger partial charge >= 0.3 is 5.97 Å². The van der Waals surface area contributed by atoms with Crippen molar-refractivity contribution in [3.63, 3.8) is 0 Å². The predicted molar refractivity (Wildman–Crippen MR) is 82.0 cm³/mol. The summed E-state index contributed by atoms with van der Waals surface area (Å²) < 4.78 is 5.50. The first kappa shape index (κ1) is 17.7. The zero-order valence-corrected chi connectivity index (χ0v) is 15.6. The second-order valence-electron chi connectivity index (χ2n) is 7.81. The Labute approximate surface area is 116 Å². The van der Waals surface area contributed by atoms with Crippen LogP contribution in [0.25, 0.3) is 0 Å². The van der Waals surface area contributed by atoms with E-state index in [2.05, 4.69) is 48.5 Å². The standard InChI is InChI=1S/C15H32O2Si/c1-13(2,3)11-15(7,14(4,5)6)12(16)17-9-8-10-18/h8-11H2,1-7,18H3. The highest BCUT2D eigenvalue weighted by atomic mass is 28.1. The number of ether oxygens (including phenoxy) is 1. The van der Waals surface area contributed by atoms with Crippen molar-refractivity contribution in [2.45, 2.75) is 67.4 Å². The first-order valence-electron chi connectivity index (χ1n) is 7.11. The molecule has 3 heteroatoms. The molecule has 0 amide bonds. The molecule has 0 saturated heterocycles. The van der Waals surface area contributed by atoms with Crippen molar-refractivity contribution in [3.05, 3.63) is 0 Å². The van der Waals surface area contributed by atoms with Gasteiger partial charge in [-0.3, -0.25) is 4.79 Å². The van der Waals surface area contributed by atoms with Crippen molar-refractivity contribution in [2.24, 2.45) is 16.2 Å². The van der Waals surface area contributed by atoms with Gasteiger partial charge in [0.25, 0.3) is 0 Å². The molecule has 0 aromatic rings. The van der Waals surface area contributed by atoms with Crippen LogP contribution in [0.1, 0.15) is 61.3 Å². The zero-order valence-electron chi connectivity index (χ0n) is 13.6. The van der Waals surface area contributed by atoms with Crippen molar-refractivity contribution in [1.29, 1.82) is 0 Å². The maximum absolute atomic E-state index is 12.5. The predicted octanol–water partition coefficient (Wildman–Crippen LogP) is 3.19. The summed E-state index contributed by atoms with van der Waals surface area (Å²) in [6.07, 6.45) is 1.86. The molecule has 0 rings (SSSR count). The molecule has 0 spiro atoms. The van der Waals surface area contributed by atoms with E-state index in [0.29, 0.717) is 6.61 Å². The molecule has 0 radical (unpaired) electrons. The highest BCUT2D eigenvalue weighted by Gasteiger charge is 2.47. The maximum Gasteiger partial charge on any atom is 0.312 e. The summed E-state index contributed by atoms with van der Waals surface area (Å²) in [5, 5.41) is 0. The Hall–Kier alpha value is -0.313. The molecule has 0 saturated carbocycles. The Morgan fingerprint density at radius 3 is 1.89 bits per heavy atom. The van der Waals surface area contributed by atoms with Gasteiger partial charge in [0, 0.05) is 10.2 Å². The lowest BCUT2D eigenvalue weighted by molar-refractivity contribution is -0.164. The van der Waals surface area contributed by atoms with Crippen molar-refractivity contribution in [1.82, 2.24) is 0 Å². The first-order chi connectivity index (χ1) is 7.94. The van der Waals surface area contributed by atoms with Crippen LogP contribution in [0, 0.1) is 16.2 Å². The summed E-state index contributed by atoms with van der Waals surface area (Å²) in [5.41, 5.74) is -0.381. The van der Waals surface area contributed by atoms with Crippen LogP contribution in [0.15, 0.2) is 0 Å². The summed E-state index contributed by atoms with van der Waals surface area (Å²) in [6, 6.07) is 1.19. The molecule has 108 valence electrons. The smallest absolute Gasteiger partial charge is 0.312 e. The second kappa shape index (κ2) is 6.22. The second-order valence-corrected chi connectivity index (χ2v) is 8.81. The van der Waals surface area contributed by atoms with E-state index in [4.69, 9.17) is 4.74 Å². The molecular weight excluding hydrogens is 240 g/mol. The number of esters is 1. The van der Waals surface area contributed by atoms with E-state index in [9.17, 15) is 4.79 Å². The van der Waals surface area contributed by atoms with Gasteiger partial charge in [-0.1, -0.05) is 47.6 Å². The SMILES string of the molecule is CC(C)(C)CC(C)(C(=O)OCCC[SiH3])C(C)(C)C. The molecule has 0 fully saturated rings. The third-order valence-corrected chi connectivity index (χ3v) is 4.43. The van der Waals surface area contributed by atoms with Gasteiger partial charge in [0.05, 0.1) is 12.0 Å². The van der Waals surface area contributed by atoms with E-state index >= 15 is 0 Å². The van der Waals surface area contributed by atoms with Crippen LogP contribution < -0.4 is 0 Å². The van der Waals surface area contributed by atoms with Crippen molar-refractivity contribution >= 4 is 16.2 Å². The summed E-state index contributed by atoms with van der Waals surface area (Å²) in [4.78, 5) is 12.5. The van der Waals surface area contributed by atoms with Crippen LogP contribution in [0.4, 0.5) is 0 Å². The average molecular weight is 273 g/mol. The third kappa shape index (κ3) is 5.13. The number of rotatable bonds is 5. The number of carbonyl (C=O) groups excluding carboxylic acids is 1. The molecule has 18 heavy (non-hydrogen) atoms. The van der Waals surface area contributed by atoms with E-state index < -0.39 is 5.41 Å². The Balaban J connectivity index is 4.94. The molecule has 0 aliphatic heterocycles. The van der Waals surface area contributed by atoms with E-state index in [-0.39, 0.29) is 16.8 Å². The number of hydrogen-bond acceptors (Lipinski definition) is 2. The molecule has 1 unspecified atom stereocenters. The Kier molecular flexibility index (Phi) is 6.12. The van der Waals surface area contributed by atoms with Crippen LogP contribution in [0.3, 0.4) is 0 Å². The Bertz CT molecular complexity index is 273. The van der Waals surface area contributed by atoms with Gasteiger partial charge in [-0.2, -0.15) is 0 Å². The van der Waals surface area contributed by atoms with Crippen LogP contribution in [-0.4, -0.2) is 22.8 Å². The molecule has 0 N–H and O–H groups in total. The lowest BCUT2D eigenvalue weighted by atomic mass is 9.61. The molecular formula is C15H32O2Si. The minimum absolute atomic E-state index is 0.0277. The lowest BCUT2D eigenvalue weighted by Gasteiger charge is -2.43. The minimum atomic E-state index is -0.420. The Morgan fingerprint density at radius 1 is 1.06 bits per heavy atom. The van der Waals surface area contributed by atoms with E-state index in [1.165, 1.54) is 16.3 Å². The summed E-state index contributed by atoms with van der Waals surface area (Å²) in [7, 11) is 1.18. The summed E-state index contributed by atoms with van der Waals surface area (Å²) in [6.45, 7) is 15.6. The molecule has 0 aromatic carbocycles. The Morgan fingerprint density at radius 2 is 1.56 bits per heavy atom. The zero-order chi connectivity index (χ0) is 14.6. The van der Waals surface area contributed by atoms with Gasteiger partial charge in [0.15, 0.2) is 0 Å². The highest BCUT2D eigenvalue weighted by Crippen LogP contribution is 2.47. The fraction of sp³-hybridized carbons (Fsp3) is 0.933. The van der Waals surface area contributed by atoms with Gasteiger partial charge in [-0.25, -0.2) is 0 Å². The number of hydrogen-bond donors (Lipinski definition) is 0. The molecule has 0 aliphatic carbocycles. The topological polar surface area (TPSA) is 26.3 Å². The number of carbonyl (C=O) groups is 1. The fourth-order valence-corrected chi connectivity index (χ4v) is 2.46. The van der Waals surface area contributed by atoms with Crippen LogP contribution >= 0.6 is 0 Å². The molecule has 1 atom stereocenters. The van der Waals surface area contributed by atoms with E-state index in [0.717, 1.165) is 12.8 Å². The first-order valence-corrected chi connectivity index (χ1v) is 8.53. The van der Waals surface area contributed by atoms with Gasteiger partial charge in [0.1, 0.15) is 0 Å². The van der Waals surface area contributed by atoms with E-state index in [1.54, 1.807) is 0 Å². The van der Waals surface area contributed by atoms with Crippen LogP contribution in [0.5, 0.6) is 0 Å². The van der Waals surface area contributed by atoms with E-state index in [1.807, 2.05) is 0 Å². The van der Waals surface area contributed by atoms with Gasteiger partial charge in [-0.15, -0.1) is 0 Å². The maximum atomic E-state index is 12.5. The third-order valence-electron chi connectivity index (χ3n) is 3.72. The van der Waals surface area contributed by atoms with Crippen molar-refractivity contribution in [3.8, 4) is 0 Å². The largest absolute Gasteiger partial charge is 0.465 e. The van der Waals surface area contributed by atoms with Gasteiger partial charge in [-0.05, 0) is 30.6 Å². The molecule has 0 bridgehead atoms. The average Bonchev–Trinajstić information content (AvgIpc) is 2.13. The monoisotopic (exact) mass is 272 g/mol. The van der Waals surface area contributed by atoms with Crippen molar-refractivity contribution < 1.29 is 9.53 Å². The normalized spacial score (nSPS) is 16.4. The lowest BCUT2D eigenvalue weighted by Crippen LogP contribution is -2.44. The van der Waals surface area contributed by atoms with Crippen LogP contribution in [-0.2, 0) is 9.53 Å². The summed E-state index contributed by atoms with van der Waals surface area (Å²) >= 11 is 0. The molecule has 2 nitrogen and oxygen atoms in total. The van der Waals surface area contributed by atoms with Crippen LogP contribution in [0.2, 0.25) is 6.04 Å². The summed E-state index contributed by atoms with van der Waals surface area (Å²) in [5.74, 6) is -0.0277. The fourth-order valence-electron chi connectivity index (χ4n) is 2.17. The van der Waals surface area contributed by atoms with Gasteiger partial charge in [0.2, 0.25) is 0 Å². The quantitative estimate of drug-likeness (QED) is 0.436. The molecule has 0 aliphatic rings. The van der Waals surface area contributed by atoms with Gasteiger partial charge < -0.3 is 4.74 Å². The van der Waals surface area contributed by atoms with Crippen molar-refractivity contribution in [2.75, 3.05) is 6.61 Å². The highest BCUT2D eigenvalue weighted by molar-refractivity contribution is 6.08. The minimum Gasteiger partial charge on any atom is -0.465 e. The molecule has 0 heterocycles. The molecule has 0 aromatic heterocycles.